The maximum Gasteiger partial charge on any atom is 0.242 e. The highest BCUT2D eigenvalue weighted by atomic mass is 32.2. The number of azo groups is 1. The Morgan fingerprint density at radius 1 is 1.25 bits per heavy atom. The molecule has 0 bridgehead atoms. The fourth-order valence-corrected chi connectivity index (χ4v) is 4.33. The quantitative estimate of drug-likeness (QED) is 0.699. The summed E-state index contributed by atoms with van der Waals surface area (Å²) in [5, 5.41) is 20.4. The molecule has 8 nitrogen and oxygen atoms in total. The van der Waals surface area contributed by atoms with Crippen LogP contribution in [0.1, 0.15) is 0 Å². The molecule has 1 atom stereocenters. The number of nitrogens with one attached hydrogen (secondary N) is 2. The van der Waals surface area contributed by atoms with E-state index in [1.54, 1.807) is 6.07 Å². The summed E-state index contributed by atoms with van der Waals surface area (Å²) in [6.07, 6.45) is 1.49. The first-order chi connectivity index (χ1) is 11.5. The predicted molar refractivity (Wildman–Crippen MR) is 91.1 cm³/mol. The average Bonchev–Trinajstić information content (AvgIpc) is 3.07. The van der Waals surface area contributed by atoms with Crippen LogP contribution in [0.3, 0.4) is 0 Å². The van der Waals surface area contributed by atoms with Crippen LogP contribution >= 0.6 is 11.8 Å². The van der Waals surface area contributed by atoms with Crippen molar-refractivity contribution in [1.82, 2.24) is 15.0 Å². The van der Waals surface area contributed by atoms with Gasteiger partial charge in [0.15, 0.2) is 5.75 Å². The van der Waals surface area contributed by atoms with Crippen molar-refractivity contribution < 1.29 is 13.5 Å². The Morgan fingerprint density at radius 3 is 2.71 bits per heavy atom. The van der Waals surface area contributed by atoms with Gasteiger partial charge >= 0.3 is 0 Å². The van der Waals surface area contributed by atoms with Gasteiger partial charge in [0.05, 0.1) is 10.6 Å². The highest BCUT2D eigenvalue weighted by Crippen LogP contribution is 2.25. The molecule has 0 saturated carbocycles. The molecule has 3 rings (SSSR count). The van der Waals surface area contributed by atoms with Crippen LogP contribution in [-0.2, 0) is 10.0 Å². The molecule has 2 aromatic rings. The molecule has 0 spiro atoms. The zero-order chi connectivity index (χ0) is 17.0. The van der Waals surface area contributed by atoms with E-state index in [4.69, 9.17) is 0 Å². The molecule has 0 aliphatic carbocycles. The molecule has 3 N–H and O–H groups in total. The number of aromatic hydroxyl groups is 1. The molecule has 1 aliphatic heterocycles. The van der Waals surface area contributed by atoms with Crippen LogP contribution in [0.25, 0.3) is 0 Å². The number of hydrogen-bond acceptors (Lipinski definition) is 8. The van der Waals surface area contributed by atoms with Crippen molar-refractivity contribution in [3.63, 3.8) is 0 Å². The number of benzene rings is 1. The lowest BCUT2D eigenvalue weighted by Gasteiger charge is -2.12. The Balaban J connectivity index is 1.72. The van der Waals surface area contributed by atoms with Crippen LogP contribution < -0.4 is 10.0 Å². The van der Waals surface area contributed by atoms with Crippen molar-refractivity contribution >= 4 is 33.3 Å². The number of hydrogen-bond donors (Lipinski definition) is 3. The van der Waals surface area contributed by atoms with Crippen molar-refractivity contribution in [1.29, 1.82) is 0 Å². The lowest BCUT2D eigenvalue weighted by Crippen LogP contribution is -2.39. The Hall–Kier alpha value is -2.01. The Morgan fingerprint density at radius 2 is 2.04 bits per heavy atom. The number of sulfonamides is 1. The summed E-state index contributed by atoms with van der Waals surface area (Å²) >= 11 is 1.51. The van der Waals surface area contributed by atoms with Crippen molar-refractivity contribution in [2.24, 2.45) is 10.2 Å². The second-order valence-electron chi connectivity index (χ2n) is 4.87. The zero-order valence-corrected chi connectivity index (χ0v) is 14.1. The highest BCUT2D eigenvalue weighted by molar-refractivity contribution is 8.01. The van der Waals surface area contributed by atoms with Crippen molar-refractivity contribution in [3.05, 3.63) is 42.6 Å². The molecule has 1 aromatic heterocycles. The monoisotopic (exact) mass is 365 g/mol. The van der Waals surface area contributed by atoms with E-state index in [1.165, 1.54) is 48.3 Å². The lowest BCUT2D eigenvalue weighted by atomic mass is 10.3. The summed E-state index contributed by atoms with van der Waals surface area (Å²) in [6, 6.07) is 9.01. The average molecular weight is 365 g/mol. The van der Waals surface area contributed by atoms with Crippen LogP contribution in [0.2, 0.25) is 0 Å². The summed E-state index contributed by atoms with van der Waals surface area (Å²) in [5.41, 5.74) is 0.147. The van der Waals surface area contributed by atoms with Crippen molar-refractivity contribution in [2.45, 2.75) is 10.4 Å². The van der Waals surface area contributed by atoms with Gasteiger partial charge in [0.1, 0.15) is 5.50 Å². The molecule has 0 unspecified atom stereocenters. The number of pyridine rings is 1. The molecule has 0 amide bonds. The van der Waals surface area contributed by atoms with Gasteiger partial charge in [-0.25, -0.2) is 13.4 Å². The fourth-order valence-electron chi connectivity index (χ4n) is 1.97. The molecular formula is C14H15N5O3S2. The van der Waals surface area contributed by atoms with Crippen LogP contribution in [0.4, 0.5) is 11.5 Å². The number of thioether (sulfide) groups is 1. The molecule has 1 aromatic carbocycles. The van der Waals surface area contributed by atoms with Gasteiger partial charge in [0.25, 0.3) is 0 Å². The number of aromatic nitrogens is 1. The molecule has 1 saturated heterocycles. The second kappa shape index (κ2) is 7.26. The molecule has 0 radical (unpaired) electrons. The second-order valence-corrected chi connectivity index (χ2v) is 7.79. The summed E-state index contributed by atoms with van der Waals surface area (Å²) in [5.74, 6) is 0.888. The molecule has 2 heterocycles. The van der Waals surface area contributed by atoms with Crippen molar-refractivity contribution in [3.8, 4) is 5.75 Å². The molecule has 1 aliphatic rings. The van der Waals surface area contributed by atoms with Crippen LogP contribution in [-0.4, -0.2) is 36.3 Å². The van der Waals surface area contributed by atoms with Gasteiger partial charge in [0.2, 0.25) is 15.8 Å². The van der Waals surface area contributed by atoms with E-state index < -0.39 is 10.0 Å². The van der Waals surface area contributed by atoms with E-state index in [1.807, 2.05) is 0 Å². The summed E-state index contributed by atoms with van der Waals surface area (Å²) in [6.45, 7) is 0.775. The molecule has 126 valence electrons. The zero-order valence-electron chi connectivity index (χ0n) is 12.5. The first-order valence-corrected chi connectivity index (χ1v) is 9.61. The van der Waals surface area contributed by atoms with Gasteiger partial charge in [-0.05, 0) is 36.4 Å². The van der Waals surface area contributed by atoms with E-state index in [2.05, 4.69) is 25.3 Å². The predicted octanol–water partition coefficient (Wildman–Crippen LogP) is 2.10. The number of rotatable bonds is 5. The molecular weight excluding hydrogens is 350 g/mol. The maximum absolute atomic E-state index is 12.3. The minimum absolute atomic E-state index is 0.0776. The minimum Gasteiger partial charge on any atom is -0.504 e. The van der Waals surface area contributed by atoms with Gasteiger partial charge in [-0.3, -0.25) is 5.32 Å². The fraction of sp³-hybridized carbons (Fsp3) is 0.214. The first-order valence-electron chi connectivity index (χ1n) is 7.08. The third-order valence-electron chi connectivity index (χ3n) is 3.15. The largest absolute Gasteiger partial charge is 0.504 e. The lowest BCUT2D eigenvalue weighted by molar-refractivity contribution is 0.474. The van der Waals surface area contributed by atoms with Crippen molar-refractivity contribution in [2.75, 3.05) is 12.3 Å². The molecule has 24 heavy (non-hydrogen) atoms. The molecule has 1 fully saturated rings. The van der Waals surface area contributed by atoms with Crippen LogP contribution in [0, 0.1) is 0 Å². The maximum atomic E-state index is 12.3. The molecule has 10 heteroatoms. The normalized spacial score (nSPS) is 18.2. The third-order valence-corrected chi connectivity index (χ3v) is 5.80. The standard InChI is InChI=1S/C14H15N5O3S2/c20-12-2-1-7-15-13(12)18-17-10-3-5-11(6-4-10)24(21,22)19-14-16-8-9-23-14/h1-7,14,16,19-20H,8-9H2/t14-/m0/s1. The van der Waals surface area contributed by atoms with E-state index in [0.29, 0.717) is 5.69 Å². The van der Waals surface area contributed by atoms with E-state index in [0.717, 1.165) is 12.3 Å². The Labute approximate surface area is 143 Å². The first kappa shape index (κ1) is 16.8. The topological polar surface area (TPSA) is 116 Å². The smallest absolute Gasteiger partial charge is 0.242 e. The van der Waals surface area contributed by atoms with Gasteiger partial charge in [-0.2, -0.15) is 4.72 Å². The summed E-state index contributed by atoms with van der Waals surface area (Å²) in [4.78, 5) is 4.03. The van der Waals surface area contributed by atoms with E-state index >= 15 is 0 Å². The Bertz CT molecular complexity index is 834. The SMILES string of the molecule is O=S(=O)(N[C@@H]1NCCS1)c1ccc(N=Nc2ncccc2O)cc1. The van der Waals surface area contributed by atoms with Gasteiger partial charge in [-0.1, -0.05) is 0 Å². The third kappa shape index (κ3) is 4.09. The van der Waals surface area contributed by atoms with Gasteiger partial charge in [-0.15, -0.1) is 22.0 Å². The summed E-state index contributed by atoms with van der Waals surface area (Å²) in [7, 11) is -3.59. The Kier molecular flexibility index (Phi) is 5.09. The van der Waals surface area contributed by atoms with Gasteiger partial charge < -0.3 is 5.11 Å². The van der Waals surface area contributed by atoms with Gasteiger partial charge in [0, 0.05) is 18.5 Å². The van der Waals surface area contributed by atoms with Crippen LogP contribution in [0.15, 0.2) is 57.7 Å². The minimum atomic E-state index is -3.59. The summed E-state index contributed by atoms with van der Waals surface area (Å²) < 4.78 is 27.1. The van der Waals surface area contributed by atoms with Crippen LogP contribution in [0.5, 0.6) is 5.75 Å². The van der Waals surface area contributed by atoms with E-state index in [-0.39, 0.29) is 22.0 Å². The number of nitrogens with zero attached hydrogens (tertiary/aromatic N) is 3. The highest BCUT2D eigenvalue weighted by Gasteiger charge is 2.22. The van der Waals surface area contributed by atoms with E-state index in [9.17, 15) is 13.5 Å².